The van der Waals surface area contributed by atoms with Gasteiger partial charge in [-0.1, -0.05) is 5.16 Å². The van der Waals surface area contributed by atoms with Crippen LogP contribution >= 0.6 is 0 Å². The number of hydrogen-bond donors (Lipinski definition) is 0. The minimum Gasteiger partial charge on any atom is -0.356 e. The zero-order valence-corrected chi connectivity index (χ0v) is 11.2. The second kappa shape index (κ2) is 4.95. The van der Waals surface area contributed by atoms with Crippen LogP contribution in [0.2, 0.25) is 0 Å². The van der Waals surface area contributed by atoms with Gasteiger partial charge in [-0.2, -0.15) is 4.98 Å². The van der Waals surface area contributed by atoms with Gasteiger partial charge in [-0.25, -0.2) is 9.97 Å². The van der Waals surface area contributed by atoms with E-state index in [0.717, 1.165) is 43.4 Å². The van der Waals surface area contributed by atoms with Crippen LogP contribution in [0.4, 0.5) is 5.82 Å². The summed E-state index contributed by atoms with van der Waals surface area (Å²) in [6, 6.07) is 1.96. The molecule has 3 heterocycles. The number of aryl methyl sites for hydroxylation is 2. The Morgan fingerprint density at radius 2 is 2.21 bits per heavy atom. The molecule has 2 aromatic heterocycles. The van der Waals surface area contributed by atoms with Crippen LogP contribution in [0, 0.1) is 13.8 Å². The molecule has 19 heavy (non-hydrogen) atoms. The molecule has 0 aromatic carbocycles. The highest BCUT2D eigenvalue weighted by Crippen LogP contribution is 2.27. The zero-order chi connectivity index (χ0) is 13.2. The van der Waals surface area contributed by atoms with E-state index in [4.69, 9.17) is 4.52 Å². The molecule has 0 N–H and O–H groups in total. The van der Waals surface area contributed by atoms with E-state index in [1.165, 1.54) is 0 Å². The number of aromatic nitrogens is 4. The van der Waals surface area contributed by atoms with Crippen molar-refractivity contribution in [3.8, 4) is 0 Å². The lowest BCUT2D eigenvalue weighted by Crippen LogP contribution is -2.35. The molecule has 0 bridgehead atoms. The van der Waals surface area contributed by atoms with Crippen LogP contribution in [-0.4, -0.2) is 33.2 Å². The summed E-state index contributed by atoms with van der Waals surface area (Å²) in [5, 5.41) is 4.04. The quantitative estimate of drug-likeness (QED) is 0.820. The van der Waals surface area contributed by atoms with E-state index < -0.39 is 0 Å². The van der Waals surface area contributed by atoms with Crippen molar-refractivity contribution in [3.05, 3.63) is 29.8 Å². The third-order valence-electron chi connectivity index (χ3n) is 3.42. The van der Waals surface area contributed by atoms with Gasteiger partial charge in [-0.15, -0.1) is 0 Å². The molecule has 6 nitrogen and oxygen atoms in total. The highest BCUT2D eigenvalue weighted by molar-refractivity contribution is 5.38. The third-order valence-corrected chi connectivity index (χ3v) is 3.42. The monoisotopic (exact) mass is 259 g/mol. The summed E-state index contributed by atoms with van der Waals surface area (Å²) in [6.45, 7) is 5.64. The van der Waals surface area contributed by atoms with Crippen molar-refractivity contribution in [1.29, 1.82) is 0 Å². The lowest BCUT2D eigenvalue weighted by Gasteiger charge is -2.32. The van der Waals surface area contributed by atoms with Gasteiger partial charge in [0.15, 0.2) is 5.82 Å². The van der Waals surface area contributed by atoms with Crippen molar-refractivity contribution in [1.82, 2.24) is 20.1 Å². The van der Waals surface area contributed by atoms with Crippen molar-refractivity contribution in [3.63, 3.8) is 0 Å². The number of hydrogen-bond acceptors (Lipinski definition) is 6. The van der Waals surface area contributed by atoms with Crippen molar-refractivity contribution in [2.45, 2.75) is 32.6 Å². The summed E-state index contributed by atoms with van der Waals surface area (Å²) in [5.74, 6) is 3.55. The molecule has 1 aliphatic heterocycles. The molecule has 3 rings (SSSR count). The van der Waals surface area contributed by atoms with Crippen LogP contribution < -0.4 is 4.90 Å². The Morgan fingerprint density at radius 1 is 1.32 bits per heavy atom. The van der Waals surface area contributed by atoms with Gasteiger partial charge < -0.3 is 9.42 Å². The number of anilines is 1. The lowest BCUT2D eigenvalue weighted by molar-refractivity contribution is 0.376. The molecular formula is C13H17N5O. The van der Waals surface area contributed by atoms with E-state index >= 15 is 0 Å². The van der Waals surface area contributed by atoms with Crippen LogP contribution in [0.1, 0.15) is 36.3 Å². The van der Waals surface area contributed by atoms with Crippen LogP contribution in [0.15, 0.2) is 16.8 Å². The SMILES string of the molecule is Cc1nccc(N2CCC[C@H](c3noc(C)n3)C2)n1. The Morgan fingerprint density at radius 3 is 2.95 bits per heavy atom. The summed E-state index contributed by atoms with van der Waals surface area (Å²) in [7, 11) is 0. The molecule has 1 fully saturated rings. The highest BCUT2D eigenvalue weighted by Gasteiger charge is 2.25. The molecule has 2 aromatic rings. The minimum atomic E-state index is 0.321. The largest absolute Gasteiger partial charge is 0.356 e. The van der Waals surface area contributed by atoms with Crippen LogP contribution in [0.3, 0.4) is 0 Å². The predicted molar refractivity (Wildman–Crippen MR) is 70.0 cm³/mol. The summed E-state index contributed by atoms with van der Waals surface area (Å²) in [6.07, 6.45) is 4.01. The second-order valence-corrected chi connectivity index (χ2v) is 4.92. The summed E-state index contributed by atoms with van der Waals surface area (Å²) in [4.78, 5) is 15.2. The number of piperidine rings is 1. The highest BCUT2D eigenvalue weighted by atomic mass is 16.5. The first-order chi connectivity index (χ1) is 9.22. The van der Waals surface area contributed by atoms with Crippen LogP contribution in [0.25, 0.3) is 0 Å². The Hall–Kier alpha value is -1.98. The van der Waals surface area contributed by atoms with Crippen molar-refractivity contribution in [2.75, 3.05) is 18.0 Å². The Balaban J connectivity index is 1.78. The fourth-order valence-electron chi connectivity index (χ4n) is 2.50. The topological polar surface area (TPSA) is 67.9 Å². The number of nitrogens with zero attached hydrogens (tertiary/aromatic N) is 5. The molecule has 1 aliphatic rings. The average molecular weight is 259 g/mol. The third kappa shape index (κ3) is 2.57. The molecule has 100 valence electrons. The van der Waals surface area contributed by atoms with Gasteiger partial charge in [0.05, 0.1) is 0 Å². The second-order valence-electron chi connectivity index (χ2n) is 4.92. The fraction of sp³-hybridized carbons (Fsp3) is 0.538. The molecule has 1 saturated heterocycles. The molecule has 0 saturated carbocycles. The zero-order valence-electron chi connectivity index (χ0n) is 11.2. The van der Waals surface area contributed by atoms with Crippen molar-refractivity contribution < 1.29 is 4.52 Å². The van der Waals surface area contributed by atoms with Gasteiger partial charge in [0.25, 0.3) is 0 Å². The molecule has 0 radical (unpaired) electrons. The standard InChI is InChI=1S/C13H17N5O/c1-9-14-6-5-12(15-9)18-7-3-4-11(8-18)13-16-10(2)19-17-13/h5-6,11H,3-4,7-8H2,1-2H3/t11-/m0/s1. The lowest BCUT2D eigenvalue weighted by atomic mass is 9.97. The average Bonchev–Trinajstić information content (AvgIpc) is 2.86. The first-order valence-electron chi connectivity index (χ1n) is 6.57. The predicted octanol–water partition coefficient (Wildman–Crippen LogP) is 1.86. The first kappa shape index (κ1) is 12.1. The van der Waals surface area contributed by atoms with E-state index in [9.17, 15) is 0 Å². The molecule has 6 heteroatoms. The maximum Gasteiger partial charge on any atom is 0.223 e. The summed E-state index contributed by atoms with van der Waals surface area (Å²) < 4.78 is 5.07. The smallest absolute Gasteiger partial charge is 0.223 e. The molecule has 0 amide bonds. The maximum atomic E-state index is 5.07. The normalized spacial score (nSPS) is 19.7. The van der Waals surface area contributed by atoms with E-state index in [0.29, 0.717) is 11.8 Å². The number of rotatable bonds is 2. The van der Waals surface area contributed by atoms with Gasteiger partial charge in [-0.05, 0) is 25.8 Å². The molecule has 0 unspecified atom stereocenters. The van der Waals surface area contributed by atoms with Gasteiger partial charge in [0.2, 0.25) is 5.89 Å². The van der Waals surface area contributed by atoms with E-state index in [1.54, 1.807) is 6.20 Å². The molecule has 1 atom stereocenters. The van der Waals surface area contributed by atoms with E-state index in [2.05, 4.69) is 25.0 Å². The van der Waals surface area contributed by atoms with Crippen molar-refractivity contribution in [2.24, 2.45) is 0 Å². The Kier molecular flexibility index (Phi) is 3.15. The van der Waals surface area contributed by atoms with E-state index in [1.807, 2.05) is 19.9 Å². The molecule has 0 spiro atoms. The minimum absolute atomic E-state index is 0.321. The molecule has 0 aliphatic carbocycles. The first-order valence-corrected chi connectivity index (χ1v) is 6.57. The van der Waals surface area contributed by atoms with Gasteiger partial charge >= 0.3 is 0 Å². The van der Waals surface area contributed by atoms with E-state index in [-0.39, 0.29) is 0 Å². The molecular weight excluding hydrogens is 242 g/mol. The Bertz CT molecular complexity index is 568. The van der Waals surface area contributed by atoms with Crippen LogP contribution in [0.5, 0.6) is 0 Å². The summed E-state index contributed by atoms with van der Waals surface area (Å²) in [5.41, 5.74) is 0. The maximum absolute atomic E-state index is 5.07. The van der Waals surface area contributed by atoms with Crippen LogP contribution in [-0.2, 0) is 0 Å². The Labute approximate surface area is 111 Å². The summed E-state index contributed by atoms with van der Waals surface area (Å²) >= 11 is 0. The van der Waals surface area contributed by atoms with Crippen molar-refractivity contribution >= 4 is 5.82 Å². The fourth-order valence-corrected chi connectivity index (χ4v) is 2.50. The van der Waals surface area contributed by atoms with Gasteiger partial charge in [-0.3, -0.25) is 0 Å². The van der Waals surface area contributed by atoms with Gasteiger partial charge in [0, 0.05) is 32.1 Å². The van der Waals surface area contributed by atoms with Gasteiger partial charge in [0.1, 0.15) is 11.6 Å².